The molecule has 0 atom stereocenters. The lowest BCUT2D eigenvalue weighted by Crippen LogP contribution is -2.23. The van der Waals surface area contributed by atoms with Crippen LogP contribution in [0.4, 0.5) is 5.69 Å². The maximum atomic E-state index is 11.2. The average Bonchev–Trinajstić information content (AvgIpc) is 2.25. The van der Waals surface area contributed by atoms with E-state index in [4.69, 9.17) is 17.3 Å². The third-order valence-electron chi connectivity index (χ3n) is 1.92. The molecule has 0 bridgehead atoms. The molecule has 5 heteroatoms. The van der Waals surface area contributed by atoms with Gasteiger partial charge >= 0.3 is 0 Å². The van der Waals surface area contributed by atoms with Crippen molar-refractivity contribution in [3.8, 4) is 0 Å². The van der Waals surface area contributed by atoms with E-state index in [1.807, 2.05) is 0 Å². The first-order valence-corrected chi connectivity index (χ1v) is 5.29. The summed E-state index contributed by atoms with van der Waals surface area (Å²) in [5.74, 6) is 0.472. The van der Waals surface area contributed by atoms with Crippen molar-refractivity contribution >= 4 is 23.2 Å². The number of nitrogen functional groups attached to an aromatic ring is 1. The summed E-state index contributed by atoms with van der Waals surface area (Å²) in [4.78, 5) is 15.3. The van der Waals surface area contributed by atoms with Crippen molar-refractivity contribution in [3.05, 3.63) is 24.0 Å². The lowest BCUT2D eigenvalue weighted by atomic mass is 10.3. The second-order valence-electron chi connectivity index (χ2n) is 3.11. The molecule has 4 nitrogen and oxygen atoms in total. The summed E-state index contributed by atoms with van der Waals surface area (Å²) in [7, 11) is 0. The Kier molecular flexibility index (Phi) is 4.90. The van der Waals surface area contributed by atoms with Crippen LogP contribution in [-0.4, -0.2) is 16.8 Å². The number of carbonyl (C=O) groups is 1. The molecule has 15 heavy (non-hydrogen) atoms. The van der Waals surface area contributed by atoms with Crippen LogP contribution in [0.5, 0.6) is 0 Å². The molecule has 0 saturated carbocycles. The maximum Gasteiger partial charge on any atom is 0.220 e. The number of aromatic nitrogens is 1. The highest BCUT2D eigenvalue weighted by molar-refractivity contribution is 6.17. The number of hydrogen-bond acceptors (Lipinski definition) is 3. The molecule has 1 amide bonds. The zero-order valence-corrected chi connectivity index (χ0v) is 9.13. The Balaban J connectivity index is 2.37. The maximum absolute atomic E-state index is 11.2. The van der Waals surface area contributed by atoms with Crippen molar-refractivity contribution in [3.63, 3.8) is 0 Å². The molecule has 1 rings (SSSR count). The van der Waals surface area contributed by atoms with Gasteiger partial charge in [0.1, 0.15) is 0 Å². The van der Waals surface area contributed by atoms with Gasteiger partial charge in [-0.2, -0.15) is 0 Å². The molecule has 0 aliphatic carbocycles. The van der Waals surface area contributed by atoms with Crippen molar-refractivity contribution in [2.45, 2.75) is 19.4 Å². The summed E-state index contributed by atoms with van der Waals surface area (Å²) in [5.41, 5.74) is 6.96. The van der Waals surface area contributed by atoms with Crippen LogP contribution in [0.1, 0.15) is 18.5 Å². The number of carbonyl (C=O) groups excluding carboxylic acids is 1. The van der Waals surface area contributed by atoms with Gasteiger partial charge in [0.05, 0.1) is 17.9 Å². The minimum absolute atomic E-state index is 0.0271. The second-order valence-corrected chi connectivity index (χ2v) is 3.49. The van der Waals surface area contributed by atoms with E-state index in [1.54, 1.807) is 18.3 Å². The molecule has 1 heterocycles. The van der Waals surface area contributed by atoms with Crippen molar-refractivity contribution < 1.29 is 4.79 Å². The van der Waals surface area contributed by atoms with E-state index in [0.29, 0.717) is 36.6 Å². The molecular formula is C10H14ClN3O. The fraction of sp³-hybridized carbons (Fsp3) is 0.400. The fourth-order valence-electron chi connectivity index (χ4n) is 1.10. The first kappa shape index (κ1) is 11.8. The van der Waals surface area contributed by atoms with Crippen LogP contribution >= 0.6 is 11.6 Å². The summed E-state index contributed by atoms with van der Waals surface area (Å²) >= 11 is 5.48. The Bertz CT molecular complexity index is 330. The lowest BCUT2D eigenvalue weighted by Gasteiger charge is -2.05. The highest BCUT2D eigenvalue weighted by Crippen LogP contribution is 2.06. The van der Waals surface area contributed by atoms with Gasteiger partial charge in [0.25, 0.3) is 0 Å². The number of nitrogens with two attached hydrogens (primary N) is 1. The predicted molar refractivity (Wildman–Crippen MR) is 60.5 cm³/mol. The molecule has 3 N–H and O–H groups in total. The van der Waals surface area contributed by atoms with E-state index in [0.717, 1.165) is 0 Å². The summed E-state index contributed by atoms with van der Waals surface area (Å²) in [6.45, 7) is 0.369. The van der Waals surface area contributed by atoms with E-state index in [-0.39, 0.29) is 5.91 Å². The Hall–Kier alpha value is -1.29. The van der Waals surface area contributed by atoms with Crippen LogP contribution in [0.2, 0.25) is 0 Å². The Morgan fingerprint density at radius 2 is 2.40 bits per heavy atom. The Labute approximate surface area is 93.8 Å². The van der Waals surface area contributed by atoms with Gasteiger partial charge in [-0.05, 0) is 18.6 Å². The van der Waals surface area contributed by atoms with Crippen LogP contribution in [0.25, 0.3) is 0 Å². The molecule has 1 aromatic heterocycles. The minimum Gasteiger partial charge on any atom is -0.397 e. The molecule has 0 radical (unpaired) electrons. The van der Waals surface area contributed by atoms with Crippen LogP contribution in [0, 0.1) is 0 Å². The second kappa shape index (κ2) is 6.24. The first-order valence-electron chi connectivity index (χ1n) is 4.76. The van der Waals surface area contributed by atoms with E-state index in [1.165, 1.54) is 0 Å². The summed E-state index contributed by atoms with van der Waals surface area (Å²) in [5, 5.41) is 2.73. The summed E-state index contributed by atoms with van der Waals surface area (Å²) in [6.07, 6.45) is 2.78. The number of nitrogens with zero attached hydrogens (tertiary/aromatic N) is 1. The fourth-order valence-corrected chi connectivity index (χ4v) is 1.23. The number of nitrogens with one attached hydrogen (secondary N) is 1. The zero-order valence-electron chi connectivity index (χ0n) is 8.37. The molecule has 0 unspecified atom stereocenters. The van der Waals surface area contributed by atoms with Gasteiger partial charge in [-0.15, -0.1) is 11.6 Å². The monoisotopic (exact) mass is 227 g/mol. The van der Waals surface area contributed by atoms with E-state index >= 15 is 0 Å². The topological polar surface area (TPSA) is 68.0 Å². The van der Waals surface area contributed by atoms with Crippen LogP contribution in [-0.2, 0) is 11.3 Å². The molecule has 1 aromatic rings. The first-order chi connectivity index (χ1) is 7.24. The number of anilines is 1. The predicted octanol–water partition coefficient (Wildman–Crippen LogP) is 1.30. The quantitative estimate of drug-likeness (QED) is 0.745. The van der Waals surface area contributed by atoms with Gasteiger partial charge in [-0.3, -0.25) is 9.78 Å². The molecule has 0 aromatic carbocycles. The van der Waals surface area contributed by atoms with Gasteiger partial charge < -0.3 is 11.1 Å². The van der Waals surface area contributed by atoms with Crippen LogP contribution in [0.15, 0.2) is 18.3 Å². The number of hydrogen-bond donors (Lipinski definition) is 2. The SMILES string of the molecule is Nc1cccnc1CNC(=O)CCCCl. The molecule has 0 aliphatic rings. The highest BCUT2D eigenvalue weighted by Gasteiger charge is 2.03. The highest BCUT2D eigenvalue weighted by atomic mass is 35.5. The van der Waals surface area contributed by atoms with Crippen LogP contribution < -0.4 is 11.1 Å². The molecule has 0 fully saturated rings. The number of amides is 1. The molecule has 0 spiro atoms. The molecular weight excluding hydrogens is 214 g/mol. The van der Waals surface area contributed by atoms with Gasteiger partial charge in [-0.1, -0.05) is 0 Å². The lowest BCUT2D eigenvalue weighted by molar-refractivity contribution is -0.121. The third kappa shape index (κ3) is 4.16. The molecule has 82 valence electrons. The third-order valence-corrected chi connectivity index (χ3v) is 2.18. The smallest absolute Gasteiger partial charge is 0.220 e. The minimum atomic E-state index is -0.0271. The van der Waals surface area contributed by atoms with E-state index < -0.39 is 0 Å². The molecule has 0 aliphatic heterocycles. The van der Waals surface area contributed by atoms with Gasteiger partial charge in [-0.25, -0.2) is 0 Å². The number of pyridine rings is 1. The number of alkyl halides is 1. The zero-order chi connectivity index (χ0) is 11.1. The van der Waals surface area contributed by atoms with Crippen LogP contribution in [0.3, 0.4) is 0 Å². The van der Waals surface area contributed by atoms with Crippen molar-refractivity contribution in [1.29, 1.82) is 0 Å². The van der Waals surface area contributed by atoms with Crippen molar-refractivity contribution in [2.75, 3.05) is 11.6 Å². The number of halogens is 1. The Morgan fingerprint density at radius 3 is 3.07 bits per heavy atom. The largest absolute Gasteiger partial charge is 0.397 e. The summed E-state index contributed by atoms with van der Waals surface area (Å²) in [6, 6.07) is 3.52. The van der Waals surface area contributed by atoms with Crippen molar-refractivity contribution in [1.82, 2.24) is 10.3 Å². The van der Waals surface area contributed by atoms with E-state index in [9.17, 15) is 4.79 Å². The van der Waals surface area contributed by atoms with E-state index in [2.05, 4.69) is 10.3 Å². The average molecular weight is 228 g/mol. The van der Waals surface area contributed by atoms with Gasteiger partial charge in [0.2, 0.25) is 5.91 Å². The van der Waals surface area contributed by atoms with Gasteiger partial charge in [0, 0.05) is 18.5 Å². The Morgan fingerprint density at radius 1 is 1.60 bits per heavy atom. The van der Waals surface area contributed by atoms with Gasteiger partial charge in [0.15, 0.2) is 0 Å². The molecule has 0 saturated heterocycles. The summed E-state index contributed by atoms with van der Waals surface area (Å²) < 4.78 is 0. The van der Waals surface area contributed by atoms with Crippen molar-refractivity contribution in [2.24, 2.45) is 0 Å². The number of rotatable bonds is 5. The standard InChI is InChI=1S/C10H14ClN3O/c11-5-1-4-10(15)14-7-9-8(12)3-2-6-13-9/h2-3,6H,1,4-5,7,12H2,(H,14,15). The normalized spacial score (nSPS) is 9.93.